The highest BCUT2D eigenvalue weighted by molar-refractivity contribution is 7.09. The molecule has 1 unspecified atom stereocenters. The molecule has 0 radical (unpaired) electrons. The number of nitrogens with two attached hydrogens (primary N) is 1. The second kappa shape index (κ2) is 20.8. The molecule has 8 atom stereocenters. The monoisotopic (exact) mass is 867 g/mol. The number of likely N-dealkylation sites (tertiary alicyclic amines) is 1. The maximum absolute atomic E-state index is 14.1. The molecule has 330 valence electrons. The Kier molecular flexibility index (Phi) is 16.7. The zero-order valence-electron chi connectivity index (χ0n) is 34.7. The van der Waals surface area contributed by atoms with Gasteiger partial charge >= 0.3 is 11.9 Å². The number of carboxylic acids is 1. The highest BCUT2D eigenvalue weighted by atomic mass is 32.1. The number of carboxylic acid groups (broad SMARTS) is 1. The van der Waals surface area contributed by atoms with Crippen molar-refractivity contribution in [1.29, 1.82) is 0 Å². The third-order valence-electron chi connectivity index (χ3n) is 11.5. The first kappa shape index (κ1) is 48.1. The number of rotatable bonds is 18. The Morgan fingerprint density at radius 3 is 2.13 bits per heavy atom. The lowest BCUT2D eigenvalue weighted by Crippen LogP contribution is -2.51. The fourth-order valence-corrected chi connectivity index (χ4v) is 8.19. The average Bonchev–Trinajstić information content (AvgIpc) is 3.72. The molecule has 2 heterocycles. The summed E-state index contributed by atoms with van der Waals surface area (Å²) in [6.07, 6.45) is 0.808. The van der Waals surface area contributed by atoms with E-state index in [1.807, 2.05) is 52.0 Å². The molecule has 0 bridgehead atoms. The van der Waals surface area contributed by atoms with E-state index in [0.717, 1.165) is 28.9 Å². The van der Waals surface area contributed by atoms with Crippen molar-refractivity contribution in [2.24, 2.45) is 23.5 Å². The minimum Gasteiger partial charge on any atom is -0.481 e. The molecule has 3 aromatic rings. The number of nitrogens with one attached hydrogen (secondary N) is 1. The number of aliphatic hydroxyl groups is 1. The van der Waals surface area contributed by atoms with E-state index in [-0.39, 0.29) is 61.1 Å². The van der Waals surface area contributed by atoms with Crippen LogP contribution in [0.1, 0.15) is 105 Å². The lowest BCUT2D eigenvalue weighted by Gasteiger charge is -2.36. The highest BCUT2D eigenvalue weighted by Crippen LogP contribution is 2.34. The molecule has 1 aromatic heterocycles. The summed E-state index contributed by atoms with van der Waals surface area (Å²) in [7, 11) is 3.24. The van der Waals surface area contributed by atoms with Gasteiger partial charge in [0.2, 0.25) is 40.7 Å². The van der Waals surface area contributed by atoms with Crippen molar-refractivity contribution in [1.82, 2.24) is 20.1 Å². The second-order valence-electron chi connectivity index (χ2n) is 16.1. The zero-order valence-corrected chi connectivity index (χ0v) is 35.5. The smallest absolute Gasteiger partial charge is 0.328 e. The van der Waals surface area contributed by atoms with E-state index in [9.17, 15) is 51.3 Å². The molecule has 5 N–H and O–H groups in total. The lowest BCUT2D eigenvalue weighted by atomic mass is 9.86. The standard InChI is InChI=1S/C42H54F5N5O7S/c1-8-21(4)36(48)40(55)52(7)29(20(2)3)17-30(53)39-50-27(19-60-39)38(54)49-26(15-22(5)41(56)57)16-23-9-11-24(12-10-23)25-13-14-28(51(6)18-25)42(58)59-37-34(46)32(44)31(43)33(45)35(37)47/h9-12,19-22,25-26,28-30,36,53H,8,13-18,48H2,1-7H3,(H,49,54)(H,56,57)/t21-,22-,25?,26+,28+,29+,30+,36-/m0/s1. The van der Waals surface area contributed by atoms with Crippen molar-refractivity contribution >= 4 is 35.1 Å². The molecule has 4 rings (SSSR count). The molecule has 0 aliphatic carbocycles. The number of hydrogen-bond acceptors (Lipinski definition) is 10. The van der Waals surface area contributed by atoms with Crippen molar-refractivity contribution in [3.05, 3.63) is 80.6 Å². The molecular formula is C42H54F5N5O7S. The molecular weight excluding hydrogens is 814 g/mol. The summed E-state index contributed by atoms with van der Waals surface area (Å²) in [5, 5.41) is 25.6. The van der Waals surface area contributed by atoms with Gasteiger partial charge in [-0.05, 0) is 61.6 Å². The van der Waals surface area contributed by atoms with E-state index in [2.05, 4.69) is 15.0 Å². The topological polar surface area (TPSA) is 175 Å². The molecule has 2 aromatic carbocycles. The fraction of sp³-hybridized carbons (Fsp3) is 0.548. The molecule has 1 aliphatic rings. The van der Waals surface area contributed by atoms with Crippen LogP contribution in [0.25, 0.3) is 0 Å². The summed E-state index contributed by atoms with van der Waals surface area (Å²) in [5.41, 5.74) is 7.95. The Morgan fingerprint density at radius 2 is 1.58 bits per heavy atom. The van der Waals surface area contributed by atoms with Crippen LogP contribution in [0.5, 0.6) is 5.75 Å². The number of ether oxygens (including phenoxy) is 1. The molecule has 0 spiro atoms. The number of hydrogen-bond donors (Lipinski definition) is 4. The number of benzene rings is 2. The molecule has 60 heavy (non-hydrogen) atoms. The van der Waals surface area contributed by atoms with Gasteiger partial charge in [0.05, 0.1) is 12.0 Å². The first-order valence-electron chi connectivity index (χ1n) is 19.9. The van der Waals surface area contributed by atoms with Crippen LogP contribution >= 0.6 is 11.3 Å². The SMILES string of the molecule is CC[C@H](C)[C@H](N)C(=O)N(C)[C@H](C[C@@H](O)c1nc(C(=O)N[C@@H](Cc2ccc(C3CC[C@H](C(=O)Oc4c(F)c(F)c(F)c(F)c4F)N(C)C3)cc2)C[C@H](C)C(=O)O)cs1)C(C)C. The molecule has 1 saturated heterocycles. The number of aromatic nitrogens is 1. The number of esters is 1. The van der Waals surface area contributed by atoms with Gasteiger partial charge in [-0.1, -0.05) is 65.3 Å². The van der Waals surface area contributed by atoms with E-state index >= 15 is 0 Å². The van der Waals surface area contributed by atoms with Gasteiger partial charge in [-0.25, -0.2) is 22.9 Å². The summed E-state index contributed by atoms with van der Waals surface area (Å²) in [6, 6.07) is 4.74. The molecule has 12 nitrogen and oxygen atoms in total. The summed E-state index contributed by atoms with van der Waals surface area (Å²) in [5.74, 6) is -16.8. The first-order valence-corrected chi connectivity index (χ1v) is 20.8. The predicted octanol–water partition coefficient (Wildman–Crippen LogP) is 6.35. The third kappa shape index (κ3) is 11.4. The van der Waals surface area contributed by atoms with Crippen LogP contribution < -0.4 is 15.8 Å². The van der Waals surface area contributed by atoms with Crippen LogP contribution in [0, 0.1) is 46.8 Å². The van der Waals surface area contributed by atoms with Gasteiger partial charge in [0.1, 0.15) is 22.8 Å². The fourth-order valence-electron chi connectivity index (χ4n) is 7.40. The van der Waals surface area contributed by atoms with Gasteiger partial charge in [0, 0.05) is 37.5 Å². The second-order valence-corrected chi connectivity index (χ2v) is 17.0. The average molecular weight is 868 g/mol. The molecule has 0 saturated carbocycles. The van der Waals surface area contributed by atoms with Gasteiger partial charge in [0.15, 0.2) is 0 Å². The van der Waals surface area contributed by atoms with Gasteiger partial charge in [-0.15, -0.1) is 11.3 Å². The van der Waals surface area contributed by atoms with E-state index in [1.54, 1.807) is 23.9 Å². The van der Waals surface area contributed by atoms with Crippen LogP contribution in [0.15, 0.2) is 29.6 Å². The van der Waals surface area contributed by atoms with E-state index < -0.39 is 82.8 Å². The Balaban J connectivity index is 1.39. The Labute approximate surface area is 350 Å². The number of likely N-dealkylation sites (N-methyl/N-ethyl adjacent to an activating group) is 2. The van der Waals surface area contributed by atoms with Gasteiger partial charge in [-0.3, -0.25) is 19.3 Å². The van der Waals surface area contributed by atoms with Crippen molar-refractivity contribution in [2.45, 2.75) is 109 Å². The normalized spacial score (nSPS) is 18.9. The van der Waals surface area contributed by atoms with E-state index in [0.29, 0.717) is 18.0 Å². The molecule has 1 fully saturated rings. The quantitative estimate of drug-likeness (QED) is 0.0371. The number of halogens is 5. The van der Waals surface area contributed by atoms with Crippen LogP contribution in [-0.4, -0.2) is 93.6 Å². The third-order valence-corrected chi connectivity index (χ3v) is 12.4. The van der Waals surface area contributed by atoms with Gasteiger partial charge in [-0.2, -0.15) is 8.78 Å². The molecule has 1 aliphatic heterocycles. The van der Waals surface area contributed by atoms with Crippen molar-refractivity contribution in [2.75, 3.05) is 20.6 Å². The van der Waals surface area contributed by atoms with Gasteiger partial charge < -0.3 is 30.9 Å². The van der Waals surface area contributed by atoms with Crippen LogP contribution in [0.3, 0.4) is 0 Å². The Bertz CT molecular complexity index is 1970. The zero-order chi connectivity index (χ0) is 44.7. The van der Waals surface area contributed by atoms with Crippen molar-refractivity contribution < 1.29 is 56.1 Å². The summed E-state index contributed by atoms with van der Waals surface area (Å²) >= 11 is 1.10. The number of amides is 2. The predicted molar refractivity (Wildman–Crippen MR) is 214 cm³/mol. The number of carbonyl (C=O) groups excluding carboxylic acids is 3. The number of carbonyl (C=O) groups is 4. The Morgan fingerprint density at radius 1 is 0.983 bits per heavy atom. The Hall–Kier alpha value is -4.52. The first-order chi connectivity index (χ1) is 28.2. The van der Waals surface area contributed by atoms with Crippen LogP contribution in [0.4, 0.5) is 22.0 Å². The van der Waals surface area contributed by atoms with Gasteiger partial charge in [0.25, 0.3) is 5.91 Å². The summed E-state index contributed by atoms with van der Waals surface area (Å²) < 4.78 is 73.7. The number of piperidine rings is 1. The number of aliphatic carboxylic acids is 1. The maximum Gasteiger partial charge on any atom is 0.328 e. The number of thiazole rings is 1. The minimum atomic E-state index is -2.36. The minimum absolute atomic E-state index is 0.0155. The van der Waals surface area contributed by atoms with Crippen LogP contribution in [0.2, 0.25) is 0 Å². The summed E-state index contributed by atoms with van der Waals surface area (Å²) in [6.45, 7) is 9.60. The number of nitrogens with zero attached hydrogens (tertiary/aromatic N) is 3. The van der Waals surface area contributed by atoms with Crippen LogP contribution in [-0.2, 0) is 20.8 Å². The molecule has 18 heteroatoms. The molecule has 2 amide bonds. The largest absolute Gasteiger partial charge is 0.481 e. The highest BCUT2D eigenvalue weighted by Gasteiger charge is 2.36. The number of aliphatic hydroxyl groups excluding tert-OH is 1. The maximum atomic E-state index is 14.1. The van der Waals surface area contributed by atoms with E-state index in [4.69, 9.17) is 5.73 Å². The van der Waals surface area contributed by atoms with Crippen molar-refractivity contribution in [3.8, 4) is 5.75 Å². The van der Waals surface area contributed by atoms with E-state index in [1.165, 1.54) is 12.3 Å². The lowest BCUT2D eigenvalue weighted by molar-refractivity contribution is -0.142. The van der Waals surface area contributed by atoms with Crippen molar-refractivity contribution in [3.63, 3.8) is 0 Å². The summed E-state index contributed by atoms with van der Waals surface area (Å²) in [4.78, 5) is 58.8.